The van der Waals surface area contributed by atoms with Gasteiger partial charge in [-0.05, 0) is 13.0 Å². The number of amides is 1. The van der Waals surface area contributed by atoms with Crippen LogP contribution in [0.1, 0.15) is 12.7 Å². The molecule has 0 atom stereocenters. The lowest BCUT2D eigenvalue weighted by Crippen LogP contribution is -2.40. The van der Waals surface area contributed by atoms with Crippen LogP contribution in [0.5, 0.6) is 0 Å². The molecule has 2 aromatic heterocycles. The van der Waals surface area contributed by atoms with Crippen molar-refractivity contribution in [2.75, 3.05) is 17.3 Å². The molecular formula is C14H16N6O2. The Morgan fingerprint density at radius 2 is 2.09 bits per heavy atom. The quantitative estimate of drug-likeness (QED) is 0.669. The fourth-order valence-electron chi connectivity index (χ4n) is 2.59. The van der Waals surface area contributed by atoms with Gasteiger partial charge in [0.15, 0.2) is 5.82 Å². The predicted molar refractivity (Wildman–Crippen MR) is 84.1 cm³/mol. The van der Waals surface area contributed by atoms with E-state index in [9.17, 15) is 9.90 Å². The van der Waals surface area contributed by atoms with E-state index >= 15 is 0 Å². The van der Waals surface area contributed by atoms with Crippen LogP contribution >= 0.6 is 0 Å². The van der Waals surface area contributed by atoms with Gasteiger partial charge in [0, 0.05) is 11.9 Å². The summed E-state index contributed by atoms with van der Waals surface area (Å²) in [6, 6.07) is 7.38. The standard InChI is InChI=1S/C14H16N6O2/c1-2-19(14(21)22)20-10(7-15)18-11-12(20)8-5-3-4-6-9(8)17-13(11)16/h3-6H,2,7,15H2,1H3,(H2,16,17)(H,21,22). The van der Waals surface area contributed by atoms with Crippen molar-refractivity contribution in [2.24, 2.45) is 5.73 Å². The first-order chi connectivity index (χ1) is 10.6. The van der Waals surface area contributed by atoms with Crippen LogP contribution < -0.4 is 16.5 Å². The van der Waals surface area contributed by atoms with Crippen LogP contribution in [0.15, 0.2) is 24.3 Å². The van der Waals surface area contributed by atoms with Gasteiger partial charge >= 0.3 is 6.09 Å². The van der Waals surface area contributed by atoms with E-state index in [2.05, 4.69) is 9.97 Å². The average Bonchev–Trinajstić information content (AvgIpc) is 2.88. The van der Waals surface area contributed by atoms with E-state index in [1.54, 1.807) is 6.92 Å². The van der Waals surface area contributed by atoms with Crippen LogP contribution in [0.2, 0.25) is 0 Å². The van der Waals surface area contributed by atoms with Crippen LogP contribution in [-0.2, 0) is 6.54 Å². The molecule has 0 aliphatic heterocycles. The highest BCUT2D eigenvalue weighted by atomic mass is 16.4. The van der Waals surface area contributed by atoms with Crippen molar-refractivity contribution in [2.45, 2.75) is 13.5 Å². The summed E-state index contributed by atoms with van der Waals surface area (Å²) >= 11 is 0. The highest BCUT2D eigenvalue weighted by Crippen LogP contribution is 2.28. The summed E-state index contributed by atoms with van der Waals surface area (Å²) in [6.07, 6.45) is -1.09. The number of benzene rings is 1. The maximum atomic E-state index is 11.6. The molecular weight excluding hydrogens is 284 g/mol. The second-order valence-electron chi connectivity index (χ2n) is 4.75. The Morgan fingerprint density at radius 1 is 1.36 bits per heavy atom. The maximum Gasteiger partial charge on any atom is 0.426 e. The summed E-state index contributed by atoms with van der Waals surface area (Å²) in [6.45, 7) is 2.09. The van der Waals surface area contributed by atoms with Crippen molar-refractivity contribution < 1.29 is 9.90 Å². The highest BCUT2D eigenvalue weighted by molar-refractivity contribution is 6.07. The SMILES string of the molecule is CCN(C(=O)O)n1c(CN)nc2c(N)nc3ccccc3c21. The summed E-state index contributed by atoms with van der Waals surface area (Å²) in [4.78, 5) is 20.2. The monoisotopic (exact) mass is 300 g/mol. The molecule has 5 N–H and O–H groups in total. The van der Waals surface area contributed by atoms with Crippen LogP contribution in [0, 0.1) is 0 Å². The van der Waals surface area contributed by atoms with Gasteiger partial charge in [-0.1, -0.05) is 18.2 Å². The fourth-order valence-corrected chi connectivity index (χ4v) is 2.59. The van der Waals surface area contributed by atoms with E-state index in [4.69, 9.17) is 11.5 Å². The van der Waals surface area contributed by atoms with Gasteiger partial charge in [0.25, 0.3) is 0 Å². The number of hydrogen-bond donors (Lipinski definition) is 3. The number of imidazole rings is 1. The zero-order valence-electron chi connectivity index (χ0n) is 12.0. The lowest BCUT2D eigenvalue weighted by atomic mass is 10.2. The summed E-state index contributed by atoms with van der Waals surface area (Å²) in [5.41, 5.74) is 13.5. The number of rotatable bonds is 3. The molecule has 22 heavy (non-hydrogen) atoms. The summed E-state index contributed by atoms with van der Waals surface area (Å²) < 4.78 is 1.51. The Kier molecular flexibility index (Phi) is 3.30. The van der Waals surface area contributed by atoms with Crippen molar-refractivity contribution in [3.05, 3.63) is 30.1 Å². The second kappa shape index (κ2) is 5.15. The van der Waals surface area contributed by atoms with E-state index in [1.165, 1.54) is 4.68 Å². The van der Waals surface area contributed by atoms with Crippen molar-refractivity contribution in [1.29, 1.82) is 0 Å². The zero-order valence-corrected chi connectivity index (χ0v) is 12.0. The molecule has 0 spiro atoms. The van der Waals surface area contributed by atoms with Gasteiger partial charge in [-0.25, -0.2) is 24.4 Å². The summed E-state index contributed by atoms with van der Waals surface area (Å²) in [5, 5.41) is 11.4. The molecule has 1 amide bonds. The number of hydrogen-bond acceptors (Lipinski definition) is 5. The van der Waals surface area contributed by atoms with Gasteiger partial charge < -0.3 is 16.6 Å². The van der Waals surface area contributed by atoms with Gasteiger partial charge in [0.2, 0.25) is 0 Å². The van der Waals surface area contributed by atoms with Gasteiger partial charge in [0.05, 0.1) is 12.1 Å². The van der Waals surface area contributed by atoms with Crippen LogP contribution in [0.3, 0.4) is 0 Å². The lowest BCUT2D eigenvalue weighted by molar-refractivity contribution is 0.195. The molecule has 0 fully saturated rings. The molecule has 0 unspecified atom stereocenters. The van der Waals surface area contributed by atoms with Gasteiger partial charge in [-0.3, -0.25) is 0 Å². The number of aromatic nitrogens is 3. The minimum absolute atomic E-state index is 0.0895. The third-order valence-electron chi connectivity index (χ3n) is 3.51. The van der Waals surface area contributed by atoms with Crippen LogP contribution in [-0.4, -0.2) is 32.4 Å². The molecule has 0 saturated heterocycles. The van der Waals surface area contributed by atoms with Crippen molar-refractivity contribution >= 4 is 33.8 Å². The number of para-hydroxylation sites is 1. The molecule has 0 radical (unpaired) electrons. The fraction of sp³-hybridized carbons (Fsp3) is 0.214. The van der Waals surface area contributed by atoms with Crippen molar-refractivity contribution in [1.82, 2.24) is 14.6 Å². The number of fused-ring (bicyclic) bond motifs is 3. The molecule has 3 rings (SSSR count). The van der Waals surface area contributed by atoms with Crippen LogP contribution in [0.4, 0.5) is 10.6 Å². The van der Waals surface area contributed by atoms with Gasteiger partial charge in [0.1, 0.15) is 16.9 Å². The minimum atomic E-state index is -1.09. The minimum Gasteiger partial charge on any atom is -0.464 e. The Balaban J connectivity index is 2.50. The van der Waals surface area contributed by atoms with Crippen LogP contribution in [0.25, 0.3) is 21.9 Å². The third kappa shape index (κ3) is 1.92. The van der Waals surface area contributed by atoms with E-state index in [0.29, 0.717) is 22.4 Å². The zero-order chi connectivity index (χ0) is 15.9. The smallest absolute Gasteiger partial charge is 0.426 e. The van der Waals surface area contributed by atoms with E-state index < -0.39 is 6.09 Å². The molecule has 0 aliphatic carbocycles. The van der Waals surface area contributed by atoms with Crippen molar-refractivity contribution in [3.63, 3.8) is 0 Å². The first-order valence-electron chi connectivity index (χ1n) is 6.84. The second-order valence-corrected chi connectivity index (χ2v) is 4.75. The van der Waals surface area contributed by atoms with E-state index in [-0.39, 0.29) is 18.9 Å². The lowest BCUT2D eigenvalue weighted by Gasteiger charge is -2.21. The molecule has 0 saturated carbocycles. The largest absolute Gasteiger partial charge is 0.464 e. The van der Waals surface area contributed by atoms with E-state index in [1.807, 2.05) is 24.3 Å². The summed E-state index contributed by atoms with van der Waals surface area (Å²) in [7, 11) is 0. The molecule has 0 aliphatic rings. The number of anilines is 1. The van der Waals surface area contributed by atoms with Crippen molar-refractivity contribution in [3.8, 4) is 0 Å². The first kappa shape index (κ1) is 14.1. The molecule has 3 aromatic rings. The third-order valence-corrected chi connectivity index (χ3v) is 3.51. The molecule has 2 heterocycles. The number of carboxylic acid groups (broad SMARTS) is 1. The van der Waals surface area contributed by atoms with Gasteiger partial charge in [-0.15, -0.1) is 0 Å². The number of nitrogens with two attached hydrogens (primary N) is 2. The molecule has 0 bridgehead atoms. The molecule has 8 heteroatoms. The highest BCUT2D eigenvalue weighted by Gasteiger charge is 2.22. The Morgan fingerprint density at radius 3 is 2.73 bits per heavy atom. The number of pyridine rings is 1. The van der Waals surface area contributed by atoms with Gasteiger partial charge in [-0.2, -0.15) is 0 Å². The molecule has 8 nitrogen and oxygen atoms in total. The Labute approximate surface area is 125 Å². The normalized spacial score (nSPS) is 11.2. The average molecular weight is 300 g/mol. The number of nitrogen functional groups attached to an aromatic ring is 1. The maximum absolute atomic E-state index is 11.6. The molecule has 114 valence electrons. The Bertz CT molecular complexity index is 873. The number of nitrogens with zero attached hydrogens (tertiary/aromatic N) is 4. The predicted octanol–water partition coefficient (Wildman–Crippen LogP) is 1.26. The summed E-state index contributed by atoms with van der Waals surface area (Å²) in [5.74, 6) is 0.674. The molecule has 1 aromatic carbocycles. The first-order valence-corrected chi connectivity index (χ1v) is 6.84. The van der Waals surface area contributed by atoms with E-state index in [0.717, 1.165) is 10.4 Å². The Hall–Kier alpha value is -2.87. The number of carbonyl (C=O) groups is 1. The topological polar surface area (TPSA) is 123 Å².